The summed E-state index contributed by atoms with van der Waals surface area (Å²) < 4.78 is 50.0. The third-order valence-electron chi connectivity index (χ3n) is 4.75. The fraction of sp³-hybridized carbons (Fsp3) is 0.217. The van der Waals surface area contributed by atoms with E-state index in [0.29, 0.717) is 34.2 Å². The number of amides is 1. The maximum atomic E-state index is 13.2. The zero-order valence-corrected chi connectivity index (χ0v) is 20.1. The summed E-state index contributed by atoms with van der Waals surface area (Å²) in [5, 5.41) is 6.52. The molecule has 0 aliphatic heterocycles. The normalized spacial score (nSPS) is 11.3. The Kier molecular flexibility index (Phi) is 7.47. The van der Waals surface area contributed by atoms with Crippen molar-refractivity contribution in [1.82, 2.24) is 5.16 Å². The minimum Gasteiger partial charge on any atom is -0.497 e. The molecular weight excluding hydrogens is 462 g/mol. The van der Waals surface area contributed by atoms with Crippen LogP contribution in [-0.2, 0) is 14.8 Å². The number of hydrogen-bond acceptors (Lipinski definition) is 8. The number of nitrogens with one attached hydrogen (secondary N) is 2. The van der Waals surface area contributed by atoms with Crippen LogP contribution in [0.25, 0.3) is 12.2 Å². The smallest absolute Gasteiger partial charge is 0.265 e. The first-order valence-electron chi connectivity index (χ1n) is 10.0. The van der Waals surface area contributed by atoms with Gasteiger partial charge in [0.25, 0.3) is 10.0 Å². The van der Waals surface area contributed by atoms with Gasteiger partial charge in [0.15, 0.2) is 5.76 Å². The largest absolute Gasteiger partial charge is 0.497 e. The topological polar surface area (TPSA) is 129 Å². The Labute approximate surface area is 197 Å². The van der Waals surface area contributed by atoms with Crippen LogP contribution in [0.3, 0.4) is 0 Å². The Hall–Kier alpha value is -3.99. The van der Waals surface area contributed by atoms with Gasteiger partial charge in [0.1, 0.15) is 33.5 Å². The van der Waals surface area contributed by atoms with E-state index >= 15 is 0 Å². The summed E-state index contributed by atoms with van der Waals surface area (Å²) in [5.74, 6) is 1.04. The molecule has 11 heteroatoms. The van der Waals surface area contributed by atoms with Crippen LogP contribution < -0.4 is 24.2 Å². The zero-order chi connectivity index (χ0) is 24.9. The van der Waals surface area contributed by atoms with Crippen molar-refractivity contribution in [2.75, 3.05) is 31.4 Å². The fourth-order valence-electron chi connectivity index (χ4n) is 3.09. The van der Waals surface area contributed by atoms with Gasteiger partial charge in [-0.3, -0.25) is 9.52 Å². The van der Waals surface area contributed by atoms with Gasteiger partial charge < -0.3 is 24.1 Å². The van der Waals surface area contributed by atoms with E-state index in [2.05, 4.69) is 15.2 Å². The monoisotopic (exact) mass is 487 g/mol. The number of methoxy groups -OCH3 is 3. The molecule has 0 unspecified atom stereocenters. The Morgan fingerprint density at radius 3 is 2.38 bits per heavy atom. The number of rotatable bonds is 9. The summed E-state index contributed by atoms with van der Waals surface area (Å²) in [4.78, 5) is 11.4. The standard InChI is InChI=1S/C23H25N3O7S/c1-14-23(24-15(2)27)20(33-25-14)11-7-16-6-10-19(31-4)22(12-16)34(28,29)26-18-9-8-17(30-3)13-21(18)32-5/h6-13,26H,1-5H3,(H,24,27). The first-order chi connectivity index (χ1) is 16.2. The number of hydrogen-bond donors (Lipinski definition) is 2. The molecular formula is C23H25N3O7S. The van der Waals surface area contributed by atoms with Crippen molar-refractivity contribution in [2.45, 2.75) is 18.7 Å². The van der Waals surface area contributed by atoms with Gasteiger partial charge in [-0.15, -0.1) is 0 Å². The number of benzene rings is 2. The van der Waals surface area contributed by atoms with Crippen molar-refractivity contribution >= 4 is 39.5 Å². The van der Waals surface area contributed by atoms with Gasteiger partial charge in [0.2, 0.25) is 5.91 Å². The minimum atomic E-state index is -4.06. The molecule has 0 aliphatic carbocycles. The third-order valence-corrected chi connectivity index (χ3v) is 6.13. The molecule has 0 saturated heterocycles. The van der Waals surface area contributed by atoms with Gasteiger partial charge in [-0.1, -0.05) is 17.3 Å². The predicted octanol–water partition coefficient (Wildman–Crippen LogP) is 3.94. The summed E-state index contributed by atoms with van der Waals surface area (Å²) in [6.07, 6.45) is 3.22. The number of nitrogens with zero attached hydrogens (tertiary/aromatic N) is 1. The molecule has 3 rings (SSSR count). The van der Waals surface area contributed by atoms with Crippen LogP contribution in [0.5, 0.6) is 17.2 Å². The Bertz CT molecular complexity index is 1330. The van der Waals surface area contributed by atoms with E-state index in [4.69, 9.17) is 18.7 Å². The average molecular weight is 488 g/mol. The fourth-order valence-corrected chi connectivity index (χ4v) is 4.37. The molecule has 0 saturated carbocycles. The second kappa shape index (κ2) is 10.3. The molecule has 0 spiro atoms. The molecule has 34 heavy (non-hydrogen) atoms. The lowest BCUT2D eigenvalue weighted by Gasteiger charge is -2.15. The first kappa shape index (κ1) is 24.6. The van der Waals surface area contributed by atoms with Crippen LogP contribution >= 0.6 is 0 Å². The van der Waals surface area contributed by atoms with Gasteiger partial charge in [0.05, 0.1) is 27.0 Å². The number of aromatic nitrogens is 1. The van der Waals surface area contributed by atoms with Crippen molar-refractivity contribution < 1.29 is 31.9 Å². The highest BCUT2D eigenvalue weighted by atomic mass is 32.2. The van der Waals surface area contributed by atoms with Crippen molar-refractivity contribution in [2.24, 2.45) is 0 Å². The van der Waals surface area contributed by atoms with E-state index in [-0.39, 0.29) is 22.2 Å². The van der Waals surface area contributed by atoms with E-state index in [9.17, 15) is 13.2 Å². The SMILES string of the molecule is COc1ccc(NS(=O)(=O)c2cc(C=Cc3onc(C)c3NC(C)=O)ccc2OC)c(OC)c1. The molecule has 0 radical (unpaired) electrons. The van der Waals surface area contributed by atoms with Gasteiger partial charge >= 0.3 is 0 Å². The van der Waals surface area contributed by atoms with Gasteiger partial charge in [-0.25, -0.2) is 8.42 Å². The van der Waals surface area contributed by atoms with Crippen LogP contribution in [0.4, 0.5) is 11.4 Å². The summed E-state index contributed by atoms with van der Waals surface area (Å²) >= 11 is 0. The molecule has 2 N–H and O–H groups in total. The predicted molar refractivity (Wildman–Crippen MR) is 128 cm³/mol. The Morgan fingerprint density at radius 1 is 1.00 bits per heavy atom. The Morgan fingerprint density at radius 2 is 1.74 bits per heavy atom. The number of aryl methyl sites for hydroxylation is 1. The van der Waals surface area contributed by atoms with Gasteiger partial charge in [-0.05, 0) is 42.8 Å². The second-order valence-electron chi connectivity index (χ2n) is 7.10. The van der Waals surface area contributed by atoms with E-state index in [1.54, 1.807) is 49.4 Å². The molecule has 0 bridgehead atoms. The summed E-state index contributed by atoms with van der Waals surface area (Å²) in [5.41, 5.74) is 1.75. The number of sulfonamides is 1. The van der Waals surface area contributed by atoms with Crippen LogP contribution in [0.2, 0.25) is 0 Å². The highest BCUT2D eigenvalue weighted by molar-refractivity contribution is 7.92. The second-order valence-corrected chi connectivity index (χ2v) is 8.75. The molecule has 1 aromatic heterocycles. The number of carbonyl (C=O) groups excluding carboxylic acids is 1. The van der Waals surface area contributed by atoms with Crippen LogP contribution in [-0.4, -0.2) is 40.8 Å². The van der Waals surface area contributed by atoms with Crippen LogP contribution in [0.1, 0.15) is 23.9 Å². The average Bonchev–Trinajstić information content (AvgIpc) is 3.16. The van der Waals surface area contributed by atoms with Crippen LogP contribution in [0, 0.1) is 6.92 Å². The third kappa shape index (κ3) is 5.49. The van der Waals surface area contributed by atoms with Gasteiger partial charge in [0, 0.05) is 13.0 Å². The van der Waals surface area contributed by atoms with E-state index < -0.39 is 10.0 Å². The maximum Gasteiger partial charge on any atom is 0.265 e. The lowest BCUT2D eigenvalue weighted by Crippen LogP contribution is -2.15. The zero-order valence-electron chi connectivity index (χ0n) is 19.3. The maximum absolute atomic E-state index is 13.2. The van der Waals surface area contributed by atoms with Crippen molar-refractivity contribution in [3.8, 4) is 17.2 Å². The highest BCUT2D eigenvalue weighted by Gasteiger charge is 2.22. The number of carbonyl (C=O) groups is 1. The Balaban J connectivity index is 1.96. The van der Waals surface area contributed by atoms with Gasteiger partial charge in [-0.2, -0.15) is 0 Å². The highest BCUT2D eigenvalue weighted by Crippen LogP contribution is 2.33. The number of ether oxygens (including phenoxy) is 3. The van der Waals surface area contributed by atoms with E-state index in [1.165, 1.54) is 34.3 Å². The van der Waals surface area contributed by atoms with E-state index in [0.717, 1.165) is 0 Å². The lowest BCUT2D eigenvalue weighted by molar-refractivity contribution is -0.114. The number of anilines is 2. The molecule has 0 atom stereocenters. The molecule has 10 nitrogen and oxygen atoms in total. The molecule has 2 aromatic carbocycles. The van der Waals surface area contributed by atoms with Crippen molar-refractivity contribution in [1.29, 1.82) is 0 Å². The van der Waals surface area contributed by atoms with Crippen LogP contribution in [0.15, 0.2) is 45.8 Å². The van der Waals surface area contributed by atoms with Crippen molar-refractivity contribution in [3.05, 3.63) is 53.4 Å². The molecule has 180 valence electrons. The van der Waals surface area contributed by atoms with E-state index in [1.807, 2.05) is 0 Å². The van der Waals surface area contributed by atoms with Crippen molar-refractivity contribution in [3.63, 3.8) is 0 Å². The summed E-state index contributed by atoms with van der Waals surface area (Å²) in [6, 6.07) is 9.41. The molecule has 0 aliphatic rings. The minimum absolute atomic E-state index is 0.0779. The lowest BCUT2D eigenvalue weighted by atomic mass is 10.2. The molecule has 1 heterocycles. The quantitative estimate of drug-likeness (QED) is 0.464. The summed E-state index contributed by atoms with van der Waals surface area (Å²) in [7, 11) is 0.259. The summed E-state index contributed by atoms with van der Waals surface area (Å²) in [6.45, 7) is 3.08. The molecule has 3 aromatic rings. The molecule has 1 amide bonds. The molecule has 0 fully saturated rings. The first-order valence-corrected chi connectivity index (χ1v) is 11.5.